The monoisotopic (exact) mass is 374 g/mol. The Balaban J connectivity index is 1.31. The van der Waals surface area contributed by atoms with E-state index in [-0.39, 0.29) is 0 Å². The first-order chi connectivity index (χ1) is 13.7. The van der Waals surface area contributed by atoms with Crippen molar-refractivity contribution in [2.75, 3.05) is 32.0 Å². The van der Waals surface area contributed by atoms with Crippen LogP contribution in [0.15, 0.2) is 42.9 Å². The lowest BCUT2D eigenvalue weighted by atomic mass is 9.97. The Labute approximate surface area is 165 Å². The van der Waals surface area contributed by atoms with E-state index in [1.54, 1.807) is 6.33 Å². The second kappa shape index (κ2) is 7.45. The van der Waals surface area contributed by atoms with Gasteiger partial charge in [0.2, 0.25) is 0 Å². The summed E-state index contributed by atoms with van der Waals surface area (Å²) in [6.07, 6.45) is 6.14. The van der Waals surface area contributed by atoms with Gasteiger partial charge < -0.3 is 10.2 Å². The maximum Gasteiger partial charge on any atom is 0.138 e. The highest BCUT2D eigenvalue weighted by Gasteiger charge is 2.27. The number of anilines is 2. The predicted molar refractivity (Wildman–Crippen MR) is 111 cm³/mol. The van der Waals surface area contributed by atoms with Gasteiger partial charge in [0.25, 0.3) is 0 Å². The molecule has 0 unspecified atom stereocenters. The van der Waals surface area contributed by atoms with Gasteiger partial charge in [-0.05, 0) is 51.0 Å². The van der Waals surface area contributed by atoms with E-state index >= 15 is 0 Å². The molecule has 0 aliphatic carbocycles. The number of para-hydroxylation sites is 1. The number of nitrogens with zero attached hydrogens (tertiary/aromatic N) is 5. The van der Waals surface area contributed by atoms with Crippen LogP contribution in [0.3, 0.4) is 0 Å². The average molecular weight is 374 g/mol. The number of hydrogen-bond donors (Lipinski definition) is 1. The van der Waals surface area contributed by atoms with E-state index in [0.29, 0.717) is 0 Å². The molecule has 2 aliphatic heterocycles. The maximum atomic E-state index is 4.55. The van der Waals surface area contributed by atoms with Crippen molar-refractivity contribution >= 4 is 22.4 Å². The van der Waals surface area contributed by atoms with Gasteiger partial charge in [0.05, 0.1) is 23.1 Å². The lowest BCUT2D eigenvalue weighted by molar-refractivity contribution is 0.160. The molecule has 0 atom stereocenters. The molecule has 4 heterocycles. The van der Waals surface area contributed by atoms with Crippen molar-refractivity contribution < 1.29 is 0 Å². The zero-order valence-corrected chi connectivity index (χ0v) is 16.3. The van der Waals surface area contributed by atoms with Crippen molar-refractivity contribution in [1.82, 2.24) is 24.8 Å². The third-order valence-electron chi connectivity index (χ3n) is 6.00. The molecule has 28 heavy (non-hydrogen) atoms. The lowest BCUT2D eigenvalue weighted by Crippen LogP contribution is -2.35. The minimum Gasteiger partial charge on any atom is -0.339 e. The van der Waals surface area contributed by atoms with Gasteiger partial charge in [0.1, 0.15) is 12.1 Å². The summed E-state index contributed by atoms with van der Waals surface area (Å²) < 4.78 is 0. The third kappa shape index (κ3) is 3.57. The van der Waals surface area contributed by atoms with Gasteiger partial charge in [-0.1, -0.05) is 18.2 Å². The SMILES string of the molecule is CN1CCC(CN2Cc3ncnc(Nc4cnc5ccccc5c4)c3C2)CC1. The normalized spacial score (nSPS) is 18.5. The predicted octanol–water partition coefficient (Wildman–Crippen LogP) is 3.43. The molecule has 0 spiro atoms. The number of nitrogens with one attached hydrogen (secondary N) is 1. The third-order valence-corrected chi connectivity index (χ3v) is 6.00. The summed E-state index contributed by atoms with van der Waals surface area (Å²) >= 11 is 0. The van der Waals surface area contributed by atoms with Gasteiger partial charge in [-0.25, -0.2) is 9.97 Å². The van der Waals surface area contributed by atoms with Crippen LogP contribution in [0, 0.1) is 5.92 Å². The van der Waals surface area contributed by atoms with Crippen molar-refractivity contribution in [2.45, 2.75) is 25.9 Å². The molecular formula is C22H26N6. The van der Waals surface area contributed by atoms with Gasteiger partial charge in [0, 0.05) is 30.6 Å². The molecule has 0 saturated carbocycles. The van der Waals surface area contributed by atoms with E-state index in [2.05, 4.69) is 49.2 Å². The highest BCUT2D eigenvalue weighted by molar-refractivity contribution is 5.82. The molecular weight excluding hydrogens is 348 g/mol. The standard InChI is InChI=1S/C22H26N6/c1-27-8-6-16(7-9-27)12-28-13-19-21(14-28)24-15-25-22(19)26-18-10-17-4-2-3-5-20(17)23-11-18/h2-5,10-11,15-16H,6-9,12-14H2,1H3,(H,24,25,26). The summed E-state index contributed by atoms with van der Waals surface area (Å²) in [7, 11) is 2.22. The first-order valence-corrected chi connectivity index (χ1v) is 10.1. The van der Waals surface area contributed by atoms with Crippen molar-refractivity contribution in [3.63, 3.8) is 0 Å². The minimum absolute atomic E-state index is 0.791. The molecule has 1 aromatic carbocycles. The molecule has 6 nitrogen and oxygen atoms in total. The van der Waals surface area contributed by atoms with Crippen LogP contribution in [0.1, 0.15) is 24.1 Å². The smallest absolute Gasteiger partial charge is 0.138 e. The van der Waals surface area contributed by atoms with Crippen LogP contribution in [0.25, 0.3) is 10.9 Å². The molecule has 144 valence electrons. The molecule has 3 aromatic rings. The van der Waals surface area contributed by atoms with Gasteiger partial charge in [-0.15, -0.1) is 0 Å². The van der Waals surface area contributed by atoms with E-state index in [0.717, 1.165) is 53.7 Å². The summed E-state index contributed by atoms with van der Waals surface area (Å²) in [5.41, 5.74) is 4.35. The highest BCUT2D eigenvalue weighted by atomic mass is 15.2. The fourth-order valence-electron chi connectivity index (χ4n) is 4.37. The fourth-order valence-corrected chi connectivity index (χ4v) is 4.37. The molecule has 1 N–H and O–H groups in total. The number of aromatic nitrogens is 3. The number of hydrogen-bond acceptors (Lipinski definition) is 6. The fraction of sp³-hybridized carbons (Fsp3) is 0.409. The summed E-state index contributed by atoms with van der Waals surface area (Å²) in [6.45, 7) is 5.43. The summed E-state index contributed by atoms with van der Waals surface area (Å²) in [5.74, 6) is 1.70. The quantitative estimate of drug-likeness (QED) is 0.755. The van der Waals surface area contributed by atoms with E-state index in [9.17, 15) is 0 Å². The Morgan fingerprint density at radius 2 is 1.93 bits per heavy atom. The van der Waals surface area contributed by atoms with Crippen molar-refractivity contribution in [3.05, 3.63) is 54.1 Å². The largest absolute Gasteiger partial charge is 0.339 e. The first kappa shape index (κ1) is 17.5. The minimum atomic E-state index is 0.791. The van der Waals surface area contributed by atoms with Gasteiger partial charge in [-0.3, -0.25) is 9.88 Å². The number of pyridine rings is 1. The van der Waals surface area contributed by atoms with Gasteiger partial charge in [0.15, 0.2) is 0 Å². The number of likely N-dealkylation sites (tertiary alicyclic amines) is 1. The average Bonchev–Trinajstić information content (AvgIpc) is 3.13. The Hall–Kier alpha value is -2.57. The van der Waals surface area contributed by atoms with Gasteiger partial charge >= 0.3 is 0 Å². The molecule has 0 radical (unpaired) electrons. The Morgan fingerprint density at radius 1 is 1.07 bits per heavy atom. The van der Waals surface area contributed by atoms with E-state index in [1.807, 2.05) is 24.4 Å². The van der Waals surface area contributed by atoms with Crippen LogP contribution in [-0.2, 0) is 13.1 Å². The molecule has 0 bridgehead atoms. The van der Waals surface area contributed by atoms with Crippen LogP contribution in [-0.4, -0.2) is 51.4 Å². The zero-order valence-electron chi connectivity index (χ0n) is 16.3. The number of rotatable bonds is 4. The summed E-state index contributed by atoms with van der Waals surface area (Å²) in [5, 5.41) is 4.61. The lowest BCUT2D eigenvalue weighted by Gasteiger charge is -2.31. The van der Waals surface area contributed by atoms with Crippen molar-refractivity contribution in [1.29, 1.82) is 0 Å². The van der Waals surface area contributed by atoms with Crippen molar-refractivity contribution in [3.8, 4) is 0 Å². The van der Waals surface area contributed by atoms with Crippen LogP contribution < -0.4 is 5.32 Å². The van der Waals surface area contributed by atoms with Crippen LogP contribution >= 0.6 is 0 Å². The molecule has 1 saturated heterocycles. The van der Waals surface area contributed by atoms with Crippen LogP contribution in [0.5, 0.6) is 0 Å². The van der Waals surface area contributed by atoms with Crippen molar-refractivity contribution in [2.24, 2.45) is 5.92 Å². The van der Waals surface area contributed by atoms with Gasteiger partial charge in [-0.2, -0.15) is 0 Å². The maximum absolute atomic E-state index is 4.55. The second-order valence-corrected chi connectivity index (χ2v) is 8.11. The van der Waals surface area contributed by atoms with E-state index in [4.69, 9.17) is 0 Å². The topological polar surface area (TPSA) is 57.2 Å². The Morgan fingerprint density at radius 3 is 2.82 bits per heavy atom. The number of benzene rings is 1. The molecule has 1 fully saturated rings. The first-order valence-electron chi connectivity index (χ1n) is 10.1. The molecule has 6 heteroatoms. The van der Waals surface area contributed by atoms with E-state index in [1.165, 1.54) is 31.5 Å². The Bertz CT molecular complexity index is 980. The second-order valence-electron chi connectivity index (χ2n) is 8.11. The van der Waals surface area contributed by atoms with Crippen LogP contribution in [0.4, 0.5) is 11.5 Å². The summed E-state index contributed by atoms with van der Waals surface area (Å²) in [4.78, 5) is 18.6. The molecule has 0 amide bonds. The Kier molecular flexibility index (Phi) is 4.66. The van der Waals surface area contributed by atoms with Crippen LogP contribution in [0.2, 0.25) is 0 Å². The molecule has 5 rings (SSSR count). The highest BCUT2D eigenvalue weighted by Crippen LogP contribution is 2.30. The van der Waals surface area contributed by atoms with E-state index < -0.39 is 0 Å². The number of fused-ring (bicyclic) bond motifs is 2. The number of piperidine rings is 1. The molecule has 2 aliphatic rings. The molecule has 2 aromatic heterocycles. The zero-order chi connectivity index (χ0) is 18.9. The summed E-state index contributed by atoms with van der Waals surface area (Å²) in [6, 6.07) is 10.3.